The number of fused-ring (bicyclic) bond motifs is 1. The number of sulfonamides is 1. The Morgan fingerprint density at radius 3 is 2.54 bits per heavy atom. The Kier molecular flexibility index (Phi) is 5.33. The first kappa shape index (κ1) is 20.1. The summed E-state index contributed by atoms with van der Waals surface area (Å²) in [5, 5.41) is 5.76. The molecule has 148 valence electrons. The van der Waals surface area contributed by atoms with Crippen LogP contribution in [0.2, 0.25) is 0 Å². The van der Waals surface area contributed by atoms with E-state index >= 15 is 0 Å². The molecule has 1 aromatic carbocycles. The summed E-state index contributed by atoms with van der Waals surface area (Å²) >= 11 is 1.23. The molecular weight excluding hydrogens is 402 g/mol. The molecule has 0 aliphatic carbocycles. The van der Waals surface area contributed by atoms with Crippen LogP contribution in [0.4, 0.5) is 0 Å². The predicted octanol–water partition coefficient (Wildman–Crippen LogP) is 1.12. The highest BCUT2D eigenvalue weighted by Crippen LogP contribution is 2.26. The average molecular weight is 422 g/mol. The number of benzene rings is 1. The number of carbonyl (C=O) groups excluding carboxylic acids is 2. The minimum atomic E-state index is -3.83. The van der Waals surface area contributed by atoms with Gasteiger partial charge in [0.15, 0.2) is 10.9 Å². The van der Waals surface area contributed by atoms with E-state index in [1.165, 1.54) is 34.5 Å². The summed E-state index contributed by atoms with van der Waals surface area (Å²) in [6.45, 7) is 2.52. The molecule has 2 heterocycles. The molecule has 1 amide bonds. The topological polar surface area (TPSA) is 143 Å². The van der Waals surface area contributed by atoms with E-state index in [0.717, 1.165) is 5.52 Å². The van der Waals surface area contributed by atoms with Gasteiger partial charge in [0, 0.05) is 25.4 Å². The molecule has 0 radical (unpaired) electrons. The second-order valence-electron chi connectivity index (χ2n) is 6.14. The fraction of sp³-hybridized carbons (Fsp3) is 0.235. The number of nitrogens with two attached hydrogens (primary N) is 2. The monoisotopic (exact) mass is 421 g/mol. The molecule has 0 fully saturated rings. The smallest absolute Gasteiger partial charge is 0.265 e. The largest absolute Gasteiger partial charge is 0.364 e. The summed E-state index contributed by atoms with van der Waals surface area (Å²) in [5.74, 6) is -0.672. The van der Waals surface area contributed by atoms with Crippen molar-refractivity contribution in [1.29, 1.82) is 0 Å². The maximum absolute atomic E-state index is 12.5. The van der Waals surface area contributed by atoms with Gasteiger partial charge in [0.1, 0.15) is 5.69 Å². The average Bonchev–Trinajstić information content (AvgIpc) is 3.18. The molecule has 2 aromatic heterocycles. The number of hydrogen-bond acceptors (Lipinski definition) is 6. The zero-order valence-corrected chi connectivity index (χ0v) is 16.9. The molecule has 28 heavy (non-hydrogen) atoms. The van der Waals surface area contributed by atoms with Crippen molar-refractivity contribution in [2.45, 2.75) is 23.5 Å². The van der Waals surface area contributed by atoms with E-state index in [9.17, 15) is 18.0 Å². The Morgan fingerprint density at radius 1 is 1.25 bits per heavy atom. The quantitative estimate of drug-likeness (QED) is 0.432. The molecule has 0 aliphatic rings. The van der Waals surface area contributed by atoms with Gasteiger partial charge in [0.25, 0.3) is 5.91 Å². The van der Waals surface area contributed by atoms with Gasteiger partial charge in [0.2, 0.25) is 10.0 Å². The van der Waals surface area contributed by atoms with Crippen molar-refractivity contribution in [1.82, 2.24) is 14.1 Å². The van der Waals surface area contributed by atoms with Crippen LogP contribution in [0, 0.1) is 0 Å². The number of primary amides is 1. The maximum Gasteiger partial charge on any atom is 0.265 e. The molecule has 3 aromatic rings. The third-order valence-electron chi connectivity index (χ3n) is 4.24. The van der Waals surface area contributed by atoms with E-state index in [1.807, 2.05) is 11.5 Å². The number of primary sulfonamides is 1. The van der Waals surface area contributed by atoms with E-state index in [-0.39, 0.29) is 22.1 Å². The van der Waals surface area contributed by atoms with Gasteiger partial charge in [-0.05, 0) is 31.2 Å². The number of Topliss-reactive ketones (excluding diaryl/α,β-unsaturated/α-hetero) is 1. The highest BCUT2D eigenvalue weighted by atomic mass is 32.2. The first-order valence-electron chi connectivity index (χ1n) is 8.27. The second-order valence-corrected chi connectivity index (χ2v) is 8.64. The van der Waals surface area contributed by atoms with Gasteiger partial charge in [-0.3, -0.25) is 9.59 Å². The van der Waals surface area contributed by atoms with Gasteiger partial charge in [0.05, 0.1) is 21.7 Å². The summed E-state index contributed by atoms with van der Waals surface area (Å²) in [6.07, 6.45) is 1.56. The van der Waals surface area contributed by atoms with Crippen LogP contribution in [0.3, 0.4) is 0 Å². The first-order valence-corrected chi connectivity index (χ1v) is 10.8. The van der Waals surface area contributed by atoms with Gasteiger partial charge < -0.3 is 14.9 Å². The van der Waals surface area contributed by atoms with Crippen molar-refractivity contribution >= 4 is 44.5 Å². The molecule has 0 saturated heterocycles. The van der Waals surface area contributed by atoms with Crippen molar-refractivity contribution in [3.8, 4) is 0 Å². The molecule has 9 nitrogen and oxygen atoms in total. The molecule has 0 saturated carbocycles. The number of nitrogens with zero attached hydrogens (tertiary/aromatic N) is 3. The molecule has 11 heteroatoms. The lowest BCUT2D eigenvalue weighted by atomic mass is 10.2. The van der Waals surface area contributed by atoms with E-state index in [0.29, 0.717) is 22.8 Å². The van der Waals surface area contributed by atoms with Gasteiger partial charge in [-0.25, -0.2) is 18.5 Å². The van der Waals surface area contributed by atoms with Crippen molar-refractivity contribution in [3.63, 3.8) is 0 Å². The van der Waals surface area contributed by atoms with Crippen LogP contribution in [0.15, 0.2) is 40.5 Å². The SMILES string of the molecule is CCn1c(SCC(=O)c2cc(C(N)=O)n(C)c2)nc2cc(S(N)(=O)=O)ccc21. The molecule has 4 N–H and O–H groups in total. The lowest BCUT2D eigenvalue weighted by molar-refractivity contribution is 0.0991. The van der Waals surface area contributed by atoms with Crippen molar-refractivity contribution < 1.29 is 18.0 Å². The number of carbonyl (C=O) groups is 2. The number of amides is 1. The van der Waals surface area contributed by atoms with Gasteiger partial charge >= 0.3 is 0 Å². The van der Waals surface area contributed by atoms with Gasteiger partial charge in [-0.15, -0.1) is 0 Å². The molecule has 0 unspecified atom stereocenters. The zero-order valence-electron chi connectivity index (χ0n) is 15.2. The van der Waals surface area contributed by atoms with Crippen molar-refractivity contribution in [3.05, 3.63) is 41.7 Å². The standard InChI is InChI=1S/C17H19N5O4S2/c1-3-22-13-5-4-11(28(19,25)26)7-12(13)20-17(22)27-9-15(23)10-6-14(16(18)24)21(2)8-10/h4-8H,3,9H2,1-2H3,(H2,18,24)(H2,19,25,26). The van der Waals surface area contributed by atoms with E-state index in [2.05, 4.69) is 4.98 Å². The Balaban J connectivity index is 1.86. The summed E-state index contributed by atoms with van der Waals surface area (Å²) in [5.41, 5.74) is 7.15. The van der Waals surface area contributed by atoms with E-state index in [4.69, 9.17) is 10.9 Å². The normalized spacial score (nSPS) is 11.8. The van der Waals surface area contributed by atoms with Crippen LogP contribution >= 0.6 is 11.8 Å². The molecular formula is C17H19N5O4S2. The minimum absolute atomic E-state index is 0.0170. The van der Waals surface area contributed by atoms with Crippen molar-refractivity contribution in [2.75, 3.05) is 5.75 Å². The first-order chi connectivity index (χ1) is 13.1. The van der Waals surface area contributed by atoms with Crippen LogP contribution in [-0.2, 0) is 23.6 Å². The number of imidazole rings is 1. The Hall–Kier alpha value is -2.63. The van der Waals surface area contributed by atoms with Gasteiger partial charge in [-0.2, -0.15) is 0 Å². The number of ketones is 1. The molecule has 0 aliphatic heterocycles. The fourth-order valence-electron chi connectivity index (χ4n) is 2.86. The lowest BCUT2D eigenvalue weighted by Crippen LogP contribution is -2.14. The Morgan fingerprint density at radius 2 is 1.96 bits per heavy atom. The molecule has 3 rings (SSSR count). The van der Waals surface area contributed by atoms with Crippen LogP contribution in [0.5, 0.6) is 0 Å². The number of aryl methyl sites for hydroxylation is 2. The highest BCUT2D eigenvalue weighted by molar-refractivity contribution is 7.99. The third-order valence-corrected chi connectivity index (χ3v) is 6.13. The number of aromatic nitrogens is 3. The van der Waals surface area contributed by atoms with Crippen LogP contribution in [0.25, 0.3) is 11.0 Å². The minimum Gasteiger partial charge on any atom is -0.364 e. The summed E-state index contributed by atoms with van der Waals surface area (Å²) in [7, 11) is -2.18. The van der Waals surface area contributed by atoms with E-state index in [1.54, 1.807) is 19.3 Å². The third kappa shape index (κ3) is 3.81. The van der Waals surface area contributed by atoms with Crippen LogP contribution in [-0.4, -0.2) is 40.0 Å². The number of thioether (sulfide) groups is 1. The van der Waals surface area contributed by atoms with Crippen molar-refractivity contribution in [2.24, 2.45) is 17.9 Å². The van der Waals surface area contributed by atoms with Gasteiger partial charge in [-0.1, -0.05) is 11.8 Å². The highest BCUT2D eigenvalue weighted by Gasteiger charge is 2.18. The summed E-state index contributed by atoms with van der Waals surface area (Å²) in [6, 6.07) is 5.96. The Bertz CT molecular complexity index is 1190. The fourth-order valence-corrected chi connectivity index (χ4v) is 4.36. The van der Waals surface area contributed by atoms with E-state index < -0.39 is 15.9 Å². The molecule has 0 spiro atoms. The zero-order chi connectivity index (χ0) is 20.6. The molecule has 0 atom stereocenters. The summed E-state index contributed by atoms with van der Waals surface area (Å²) in [4.78, 5) is 28.3. The number of rotatable bonds is 7. The number of hydrogen-bond donors (Lipinski definition) is 2. The second kappa shape index (κ2) is 7.41. The van der Waals surface area contributed by atoms with Crippen LogP contribution in [0.1, 0.15) is 27.8 Å². The lowest BCUT2D eigenvalue weighted by Gasteiger charge is -2.05. The summed E-state index contributed by atoms with van der Waals surface area (Å²) < 4.78 is 26.5. The molecule has 0 bridgehead atoms. The van der Waals surface area contributed by atoms with Crippen LogP contribution < -0.4 is 10.9 Å². The maximum atomic E-state index is 12.5. The Labute approximate surface area is 165 Å². The predicted molar refractivity (Wildman–Crippen MR) is 106 cm³/mol.